The summed E-state index contributed by atoms with van der Waals surface area (Å²) >= 11 is 0. The van der Waals surface area contributed by atoms with Crippen molar-refractivity contribution in [2.45, 2.75) is 0 Å². The van der Waals surface area contributed by atoms with E-state index < -0.39 is 0 Å². The number of benzene rings is 1. The van der Waals surface area contributed by atoms with Crippen LogP contribution in [-0.2, 0) is 0 Å². The summed E-state index contributed by atoms with van der Waals surface area (Å²) in [6.45, 7) is 0. The van der Waals surface area contributed by atoms with E-state index in [1.807, 2.05) is 0 Å². The minimum Gasteiger partial charge on any atom is -0.493 e. The number of ether oxygens (including phenoxy) is 2. The molecule has 0 N–H and O–H groups in total. The molecule has 1 aromatic carbocycles. The van der Waals surface area contributed by atoms with E-state index in [4.69, 9.17) is 13.9 Å². The first-order chi connectivity index (χ1) is 8.24. The van der Waals surface area contributed by atoms with Gasteiger partial charge in [0, 0.05) is 11.6 Å². The molecule has 0 radical (unpaired) electrons. The lowest BCUT2D eigenvalue weighted by Crippen LogP contribution is -1.96. The van der Waals surface area contributed by atoms with Crippen LogP contribution in [0.2, 0.25) is 0 Å². The van der Waals surface area contributed by atoms with Crippen molar-refractivity contribution in [3.63, 3.8) is 0 Å². The van der Waals surface area contributed by atoms with E-state index in [1.165, 1.54) is 6.07 Å². The van der Waals surface area contributed by atoms with Crippen molar-refractivity contribution < 1.29 is 13.9 Å². The van der Waals surface area contributed by atoms with Crippen molar-refractivity contribution in [1.29, 1.82) is 0 Å². The quantitative estimate of drug-likeness (QED) is 0.814. The van der Waals surface area contributed by atoms with Crippen molar-refractivity contribution in [3.8, 4) is 22.8 Å². The van der Waals surface area contributed by atoms with Gasteiger partial charge in [-0.05, 0) is 24.3 Å². The summed E-state index contributed by atoms with van der Waals surface area (Å²) in [5.41, 5.74) is 0.387. The molecule has 1 aromatic heterocycles. The lowest BCUT2D eigenvalue weighted by atomic mass is 10.1. The molecule has 1 heterocycles. The summed E-state index contributed by atoms with van der Waals surface area (Å²) in [5, 5.41) is 0. The van der Waals surface area contributed by atoms with Gasteiger partial charge in [0.15, 0.2) is 11.5 Å². The fraction of sp³-hybridized carbons (Fsp3) is 0.154. The van der Waals surface area contributed by atoms with Crippen molar-refractivity contribution >= 4 is 0 Å². The molecule has 0 saturated heterocycles. The molecule has 0 spiro atoms. The third kappa shape index (κ3) is 2.30. The first-order valence-corrected chi connectivity index (χ1v) is 5.07. The molecular formula is C13H12O4. The average molecular weight is 232 g/mol. The summed E-state index contributed by atoms with van der Waals surface area (Å²) in [7, 11) is 3.13. The normalized spacial score (nSPS) is 10.0. The Morgan fingerprint density at radius 3 is 2.41 bits per heavy atom. The van der Waals surface area contributed by atoms with Crippen LogP contribution in [0.15, 0.2) is 45.6 Å². The number of hydrogen-bond acceptors (Lipinski definition) is 4. The summed E-state index contributed by atoms with van der Waals surface area (Å²) in [6.07, 6.45) is 0. The predicted octanol–water partition coefficient (Wildman–Crippen LogP) is 2.32. The lowest BCUT2D eigenvalue weighted by Gasteiger charge is -2.08. The highest BCUT2D eigenvalue weighted by molar-refractivity contribution is 5.62. The second-order valence-electron chi connectivity index (χ2n) is 3.38. The molecular weight excluding hydrogens is 220 g/mol. The van der Waals surface area contributed by atoms with E-state index in [0.29, 0.717) is 17.3 Å². The molecule has 0 saturated carbocycles. The van der Waals surface area contributed by atoms with Gasteiger partial charge in [0.25, 0.3) is 0 Å². The maximum Gasteiger partial charge on any atom is 0.336 e. The van der Waals surface area contributed by atoms with E-state index in [0.717, 1.165) is 5.56 Å². The molecule has 2 aromatic rings. The van der Waals surface area contributed by atoms with Crippen molar-refractivity contribution in [2.24, 2.45) is 0 Å². The van der Waals surface area contributed by atoms with Crippen LogP contribution in [0.3, 0.4) is 0 Å². The Balaban J connectivity index is 2.50. The maximum absolute atomic E-state index is 11.1. The predicted molar refractivity (Wildman–Crippen MR) is 63.5 cm³/mol. The van der Waals surface area contributed by atoms with Gasteiger partial charge in [-0.3, -0.25) is 0 Å². The minimum atomic E-state index is -0.378. The topological polar surface area (TPSA) is 48.7 Å². The van der Waals surface area contributed by atoms with E-state index in [1.54, 1.807) is 44.6 Å². The average Bonchev–Trinajstić information content (AvgIpc) is 2.38. The van der Waals surface area contributed by atoms with E-state index in [9.17, 15) is 4.79 Å². The summed E-state index contributed by atoms with van der Waals surface area (Å²) < 4.78 is 15.4. The number of rotatable bonds is 3. The van der Waals surface area contributed by atoms with Crippen LogP contribution >= 0.6 is 0 Å². The lowest BCUT2D eigenvalue weighted by molar-refractivity contribution is 0.355. The van der Waals surface area contributed by atoms with Gasteiger partial charge in [0.2, 0.25) is 0 Å². The van der Waals surface area contributed by atoms with Crippen LogP contribution in [0, 0.1) is 0 Å². The molecule has 0 amide bonds. The fourth-order valence-electron chi connectivity index (χ4n) is 1.54. The van der Waals surface area contributed by atoms with Gasteiger partial charge < -0.3 is 13.9 Å². The highest BCUT2D eigenvalue weighted by atomic mass is 16.5. The van der Waals surface area contributed by atoms with Gasteiger partial charge in [0.1, 0.15) is 5.76 Å². The Bertz CT molecular complexity index is 572. The molecule has 0 fully saturated rings. The van der Waals surface area contributed by atoms with Gasteiger partial charge in [-0.2, -0.15) is 0 Å². The zero-order chi connectivity index (χ0) is 12.3. The fourth-order valence-corrected chi connectivity index (χ4v) is 1.54. The summed E-state index contributed by atoms with van der Waals surface area (Å²) in [4.78, 5) is 11.1. The second kappa shape index (κ2) is 4.74. The van der Waals surface area contributed by atoms with Crippen LogP contribution in [0.1, 0.15) is 0 Å². The summed E-state index contributed by atoms with van der Waals surface area (Å²) in [5.74, 6) is 1.73. The molecule has 4 heteroatoms. The second-order valence-corrected chi connectivity index (χ2v) is 3.38. The van der Waals surface area contributed by atoms with Crippen LogP contribution in [0.5, 0.6) is 11.5 Å². The smallest absolute Gasteiger partial charge is 0.336 e. The first kappa shape index (κ1) is 11.3. The Labute approximate surface area is 98.4 Å². The Hall–Kier alpha value is -2.23. The maximum atomic E-state index is 11.1. The van der Waals surface area contributed by atoms with E-state index in [2.05, 4.69) is 0 Å². The molecule has 0 aliphatic rings. The van der Waals surface area contributed by atoms with Gasteiger partial charge in [0.05, 0.1) is 14.2 Å². The molecule has 0 atom stereocenters. The number of hydrogen-bond donors (Lipinski definition) is 0. The standard InChI is InChI=1S/C13H12O4/c1-15-11-7-6-9(8-12(11)16-2)10-4-3-5-13(14)17-10/h3-8H,1-2H3. The molecule has 17 heavy (non-hydrogen) atoms. The van der Waals surface area contributed by atoms with Gasteiger partial charge >= 0.3 is 5.63 Å². The van der Waals surface area contributed by atoms with E-state index in [-0.39, 0.29) is 5.63 Å². The highest BCUT2D eigenvalue weighted by Gasteiger charge is 2.07. The molecule has 4 nitrogen and oxygen atoms in total. The Kier molecular flexibility index (Phi) is 3.14. The molecule has 0 aliphatic heterocycles. The Morgan fingerprint density at radius 2 is 1.76 bits per heavy atom. The molecule has 88 valence electrons. The van der Waals surface area contributed by atoms with E-state index >= 15 is 0 Å². The van der Waals surface area contributed by atoms with Crippen LogP contribution < -0.4 is 15.1 Å². The first-order valence-electron chi connectivity index (χ1n) is 5.07. The van der Waals surface area contributed by atoms with Crippen LogP contribution in [0.25, 0.3) is 11.3 Å². The number of methoxy groups -OCH3 is 2. The van der Waals surface area contributed by atoms with Crippen LogP contribution in [-0.4, -0.2) is 14.2 Å². The largest absolute Gasteiger partial charge is 0.493 e. The summed E-state index contributed by atoms with van der Waals surface area (Å²) in [6, 6.07) is 10.1. The minimum absolute atomic E-state index is 0.378. The van der Waals surface area contributed by atoms with Crippen molar-refractivity contribution in [1.82, 2.24) is 0 Å². The van der Waals surface area contributed by atoms with Gasteiger partial charge in [-0.25, -0.2) is 4.79 Å². The van der Waals surface area contributed by atoms with Crippen molar-refractivity contribution in [2.75, 3.05) is 14.2 Å². The Morgan fingerprint density at radius 1 is 1.00 bits per heavy atom. The van der Waals surface area contributed by atoms with Crippen LogP contribution in [0.4, 0.5) is 0 Å². The molecule has 0 aliphatic carbocycles. The third-order valence-electron chi connectivity index (χ3n) is 2.36. The highest BCUT2D eigenvalue weighted by Crippen LogP contribution is 2.31. The third-order valence-corrected chi connectivity index (χ3v) is 2.36. The SMILES string of the molecule is COc1ccc(-c2cccc(=O)o2)cc1OC. The molecule has 2 rings (SSSR count). The molecule has 0 unspecified atom stereocenters. The molecule has 0 bridgehead atoms. The van der Waals surface area contributed by atoms with Gasteiger partial charge in [-0.1, -0.05) is 6.07 Å². The zero-order valence-electron chi connectivity index (χ0n) is 9.60. The van der Waals surface area contributed by atoms with Gasteiger partial charge in [-0.15, -0.1) is 0 Å². The van der Waals surface area contributed by atoms with Crippen molar-refractivity contribution in [3.05, 3.63) is 46.8 Å². The monoisotopic (exact) mass is 232 g/mol. The zero-order valence-corrected chi connectivity index (χ0v) is 9.60.